The zero-order valence-corrected chi connectivity index (χ0v) is 7.74. The Morgan fingerprint density at radius 3 is 2.54 bits per heavy atom. The van der Waals surface area contributed by atoms with Crippen LogP contribution in [0.5, 0.6) is 0 Å². The second kappa shape index (κ2) is 3.79. The SMILES string of the molecule is OCc1ccccc1N1CCCC1. The van der Waals surface area contributed by atoms with E-state index in [1.54, 1.807) is 0 Å². The number of rotatable bonds is 2. The minimum absolute atomic E-state index is 0.146. The number of anilines is 1. The molecule has 1 heterocycles. The second-order valence-corrected chi connectivity index (χ2v) is 3.48. The van der Waals surface area contributed by atoms with Crippen LogP contribution >= 0.6 is 0 Å². The molecule has 0 bridgehead atoms. The molecule has 1 aliphatic heterocycles. The van der Waals surface area contributed by atoms with Crippen LogP contribution in [-0.4, -0.2) is 18.2 Å². The fourth-order valence-electron chi connectivity index (χ4n) is 1.91. The zero-order valence-electron chi connectivity index (χ0n) is 7.74. The summed E-state index contributed by atoms with van der Waals surface area (Å²) in [4.78, 5) is 2.35. The molecule has 0 aliphatic carbocycles. The summed E-state index contributed by atoms with van der Waals surface area (Å²) in [5.41, 5.74) is 2.26. The van der Waals surface area contributed by atoms with E-state index >= 15 is 0 Å². The van der Waals surface area contributed by atoms with Gasteiger partial charge in [0.15, 0.2) is 0 Å². The van der Waals surface area contributed by atoms with Gasteiger partial charge in [-0.15, -0.1) is 0 Å². The highest BCUT2D eigenvalue weighted by Crippen LogP contribution is 2.24. The van der Waals surface area contributed by atoms with E-state index in [-0.39, 0.29) is 6.61 Å². The number of hydrogen-bond acceptors (Lipinski definition) is 2. The van der Waals surface area contributed by atoms with Crippen LogP contribution in [0.25, 0.3) is 0 Å². The maximum atomic E-state index is 9.15. The molecule has 2 heteroatoms. The van der Waals surface area contributed by atoms with Gasteiger partial charge in [0.2, 0.25) is 0 Å². The minimum atomic E-state index is 0.146. The van der Waals surface area contributed by atoms with Gasteiger partial charge in [0.25, 0.3) is 0 Å². The lowest BCUT2D eigenvalue weighted by molar-refractivity contribution is 0.282. The number of aliphatic hydroxyl groups excluding tert-OH is 1. The molecule has 0 atom stereocenters. The monoisotopic (exact) mass is 177 g/mol. The summed E-state index contributed by atoms with van der Waals surface area (Å²) in [5.74, 6) is 0. The zero-order chi connectivity index (χ0) is 9.10. The van der Waals surface area contributed by atoms with E-state index < -0.39 is 0 Å². The van der Waals surface area contributed by atoms with Gasteiger partial charge in [0.1, 0.15) is 0 Å². The molecule has 0 saturated carbocycles. The van der Waals surface area contributed by atoms with Crippen LogP contribution in [0.1, 0.15) is 18.4 Å². The van der Waals surface area contributed by atoms with Gasteiger partial charge in [0, 0.05) is 24.3 Å². The predicted octanol–water partition coefficient (Wildman–Crippen LogP) is 1.78. The maximum absolute atomic E-state index is 9.15. The molecule has 13 heavy (non-hydrogen) atoms. The molecule has 1 fully saturated rings. The lowest BCUT2D eigenvalue weighted by atomic mass is 10.2. The van der Waals surface area contributed by atoms with Crippen LogP contribution in [0, 0.1) is 0 Å². The Bertz CT molecular complexity index is 279. The van der Waals surface area contributed by atoms with Crippen molar-refractivity contribution < 1.29 is 5.11 Å². The molecule has 1 aromatic carbocycles. The highest BCUT2D eigenvalue weighted by Gasteiger charge is 2.14. The number of hydrogen-bond donors (Lipinski definition) is 1. The molecular weight excluding hydrogens is 162 g/mol. The molecule has 0 aromatic heterocycles. The Kier molecular flexibility index (Phi) is 2.50. The van der Waals surface area contributed by atoms with Crippen molar-refractivity contribution in [2.45, 2.75) is 19.4 Å². The van der Waals surface area contributed by atoms with Crippen LogP contribution in [0.4, 0.5) is 5.69 Å². The van der Waals surface area contributed by atoms with E-state index in [9.17, 15) is 0 Å². The smallest absolute Gasteiger partial charge is 0.0702 e. The highest BCUT2D eigenvalue weighted by atomic mass is 16.3. The van der Waals surface area contributed by atoms with Gasteiger partial charge in [-0.25, -0.2) is 0 Å². The average Bonchev–Trinajstić information content (AvgIpc) is 2.70. The molecule has 1 N–H and O–H groups in total. The Morgan fingerprint density at radius 1 is 1.15 bits per heavy atom. The fraction of sp³-hybridized carbons (Fsp3) is 0.455. The first kappa shape index (κ1) is 8.57. The number of nitrogens with zero attached hydrogens (tertiary/aromatic N) is 1. The number of aliphatic hydroxyl groups is 1. The Balaban J connectivity index is 2.26. The standard InChI is InChI=1S/C11H15NO/c13-9-10-5-1-2-6-11(10)12-7-3-4-8-12/h1-2,5-6,13H,3-4,7-9H2. The highest BCUT2D eigenvalue weighted by molar-refractivity contribution is 5.53. The molecule has 2 rings (SSSR count). The van der Waals surface area contributed by atoms with Gasteiger partial charge in [-0.2, -0.15) is 0 Å². The molecule has 2 nitrogen and oxygen atoms in total. The summed E-state index contributed by atoms with van der Waals surface area (Å²) in [6.45, 7) is 2.42. The number of para-hydroxylation sites is 1. The van der Waals surface area contributed by atoms with Crippen molar-refractivity contribution >= 4 is 5.69 Å². The molecule has 0 amide bonds. The van der Waals surface area contributed by atoms with E-state index in [1.807, 2.05) is 18.2 Å². The van der Waals surface area contributed by atoms with E-state index in [0.717, 1.165) is 18.7 Å². The molecule has 1 aliphatic rings. The summed E-state index contributed by atoms with van der Waals surface area (Å²) in [6, 6.07) is 8.10. The van der Waals surface area contributed by atoms with Crippen LogP contribution < -0.4 is 4.90 Å². The van der Waals surface area contributed by atoms with Crippen LogP contribution in [0.3, 0.4) is 0 Å². The Hall–Kier alpha value is -1.02. The van der Waals surface area contributed by atoms with Crippen molar-refractivity contribution in [3.8, 4) is 0 Å². The predicted molar refractivity (Wildman–Crippen MR) is 53.8 cm³/mol. The molecule has 1 aromatic rings. The van der Waals surface area contributed by atoms with E-state index in [0.29, 0.717) is 0 Å². The van der Waals surface area contributed by atoms with Crippen molar-refractivity contribution in [1.82, 2.24) is 0 Å². The van der Waals surface area contributed by atoms with Gasteiger partial charge >= 0.3 is 0 Å². The van der Waals surface area contributed by atoms with Gasteiger partial charge in [-0.1, -0.05) is 18.2 Å². The molecule has 0 radical (unpaired) electrons. The lowest BCUT2D eigenvalue weighted by Crippen LogP contribution is -2.19. The number of benzene rings is 1. The summed E-state index contributed by atoms with van der Waals surface area (Å²) >= 11 is 0. The normalized spacial score (nSPS) is 16.5. The Labute approximate surface area is 78.8 Å². The molecule has 0 unspecified atom stereocenters. The molecular formula is C11H15NO. The summed E-state index contributed by atoms with van der Waals surface area (Å²) in [5, 5.41) is 9.15. The van der Waals surface area contributed by atoms with E-state index in [2.05, 4.69) is 11.0 Å². The minimum Gasteiger partial charge on any atom is -0.392 e. The third kappa shape index (κ3) is 1.68. The summed E-state index contributed by atoms with van der Waals surface area (Å²) in [6.07, 6.45) is 2.56. The van der Waals surface area contributed by atoms with Gasteiger partial charge in [-0.3, -0.25) is 0 Å². The fourth-order valence-corrected chi connectivity index (χ4v) is 1.91. The quantitative estimate of drug-likeness (QED) is 0.744. The third-order valence-corrected chi connectivity index (χ3v) is 2.61. The summed E-state index contributed by atoms with van der Waals surface area (Å²) < 4.78 is 0. The summed E-state index contributed by atoms with van der Waals surface area (Å²) in [7, 11) is 0. The second-order valence-electron chi connectivity index (χ2n) is 3.48. The van der Waals surface area contributed by atoms with Crippen molar-refractivity contribution in [2.75, 3.05) is 18.0 Å². The van der Waals surface area contributed by atoms with Crippen molar-refractivity contribution in [1.29, 1.82) is 0 Å². The van der Waals surface area contributed by atoms with Gasteiger partial charge in [0.05, 0.1) is 6.61 Å². The molecule has 0 spiro atoms. The topological polar surface area (TPSA) is 23.5 Å². The van der Waals surface area contributed by atoms with Gasteiger partial charge in [-0.05, 0) is 18.9 Å². The molecule has 1 saturated heterocycles. The van der Waals surface area contributed by atoms with Crippen LogP contribution in [0.2, 0.25) is 0 Å². The van der Waals surface area contributed by atoms with Crippen molar-refractivity contribution in [3.05, 3.63) is 29.8 Å². The lowest BCUT2D eigenvalue weighted by Gasteiger charge is -2.20. The van der Waals surface area contributed by atoms with Crippen molar-refractivity contribution in [3.63, 3.8) is 0 Å². The third-order valence-electron chi connectivity index (χ3n) is 2.61. The van der Waals surface area contributed by atoms with Crippen molar-refractivity contribution in [2.24, 2.45) is 0 Å². The van der Waals surface area contributed by atoms with Gasteiger partial charge < -0.3 is 10.0 Å². The van der Waals surface area contributed by atoms with E-state index in [1.165, 1.54) is 18.5 Å². The first-order valence-corrected chi connectivity index (χ1v) is 4.85. The van der Waals surface area contributed by atoms with Crippen LogP contribution in [0.15, 0.2) is 24.3 Å². The molecule has 70 valence electrons. The largest absolute Gasteiger partial charge is 0.392 e. The first-order chi connectivity index (χ1) is 6.42. The van der Waals surface area contributed by atoms with Crippen LogP contribution in [-0.2, 0) is 6.61 Å². The average molecular weight is 177 g/mol. The Morgan fingerprint density at radius 2 is 1.85 bits per heavy atom. The first-order valence-electron chi connectivity index (χ1n) is 4.85. The maximum Gasteiger partial charge on any atom is 0.0702 e. The van der Waals surface area contributed by atoms with E-state index in [4.69, 9.17) is 5.11 Å².